The molecule has 1 saturated heterocycles. The van der Waals surface area contributed by atoms with Crippen LogP contribution in [0.3, 0.4) is 0 Å². The lowest BCUT2D eigenvalue weighted by molar-refractivity contribution is 0.274. The van der Waals surface area contributed by atoms with E-state index in [0.29, 0.717) is 35.8 Å². The van der Waals surface area contributed by atoms with Crippen molar-refractivity contribution in [2.24, 2.45) is 13.0 Å². The number of hydrogen-bond acceptors (Lipinski definition) is 8. The molecule has 2 unspecified atom stereocenters. The molecule has 2 N–H and O–H groups in total. The molecular weight excluding hydrogens is 402 g/mol. The Morgan fingerprint density at radius 3 is 2.82 bits per heavy atom. The van der Waals surface area contributed by atoms with Gasteiger partial charge in [0.15, 0.2) is 5.82 Å². The number of hydrogen-bond donors (Lipinski definition) is 2. The highest BCUT2D eigenvalue weighted by molar-refractivity contribution is 7.90. The summed E-state index contributed by atoms with van der Waals surface area (Å²) in [5.41, 5.74) is 0.785. The molecule has 0 saturated carbocycles. The minimum atomic E-state index is -2.98. The van der Waals surface area contributed by atoms with Crippen LogP contribution in [-0.2, 0) is 16.9 Å². The van der Waals surface area contributed by atoms with E-state index in [2.05, 4.69) is 37.5 Å². The molecule has 0 radical (unpaired) electrons. The zero-order valence-electron chi connectivity index (χ0n) is 16.3. The summed E-state index contributed by atoms with van der Waals surface area (Å²) in [7, 11) is -1.15. The maximum Gasteiger partial charge on any atom is 0.229 e. The van der Waals surface area contributed by atoms with Crippen molar-refractivity contribution in [3.05, 3.63) is 23.6 Å². The van der Waals surface area contributed by atoms with Crippen LogP contribution in [-0.4, -0.2) is 70.8 Å². The Morgan fingerprint density at radius 2 is 2.14 bits per heavy atom. The monoisotopic (exact) mass is 427 g/mol. The third kappa shape index (κ3) is 5.79. The minimum absolute atomic E-state index is 0.170. The topological polar surface area (TPSA) is 105 Å². The van der Waals surface area contributed by atoms with Crippen LogP contribution in [0.5, 0.6) is 0 Å². The van der Waals surface area contributed by atoms with E-state index >= 15 is 0 Å². The molecule has 0 bridgehead atoms. The molecule has 11 heteroatoms. The number of likely N-dealkylation sites (tertiary alicyclic amines) is 1. The second kappa shape index (κ2) is 8.62. The Kier molecular flexibility index (Phi) is 6.41. The van der Waals surface area contributed by atoms with Gasteiger partial charge in [-0.05, 0) is 12.3 Å². The first-order valence-corrected chi connectivity index (χ1v) is 11.6. The molecule has 2 atom stereocenters. The summed E-state index contributed by atoms with van der Waals surface area (Å²) in [4.78, 5) is 10.9. The van der Waals surface area contributed by atoms with E-state index in [0.717, 1.165) is 18.7 Å². The van der Waals surface area contributed by atoms with Crippen molar-refractivity contribution in [1.82, 2.24) is 24.6 Å². The van der Waals surface area contributed by atoms with Gasteiger partial charge < -0.3 is 10.6 Å². The van der Waals surface area contributed by atoms with Gasteiger partial charge in [0.05, 0.1) is 23.8 Å². The summed E-state index contributed by atoms with van der Waals surface area (Å²) >= 11 is 6.25. The predicted molar refractivity (Wildman–Crippen MR) is 111 cm³/mol. The van der Waals surface area contributed by atoms with E-state index in [4.69, 9.17) is 11.6 Å². The van der Waals surface area contributed by atoms with E-state index in [1.807, 2.05) is 13.2 Å². The van der Waals surface area contributed by atoms with Crippen LogP contribution in [0.4, 0.5) is 17.5 Å². The highest BCUT2D eigenvalue weighted by atomic mass is 35.5. The van der Waals surface area contributed by atoms with Crippen LogP contribution in [0.25, 0.3) is 0 Å². The van der Waals surface area contributed by atoms with Crippen molar-refractivity contribution < 1.29 is 8.42 Å². The van der Waals surface area contributed by atoms with E-state index in [1.165, 1.54) is 6.26 Å². The molecule has 154 valence electrons. The number of aromatic nitrogens is 4. The number of nitrogens with one attached hydrogen (secondary N) is 2. The van der Waals surface area contributed by atoms with Crippen molar-refractivity contribution in [3.8, 4) is 0 Å². The molecule has 3 rings (SSSR count). The number of halogens is 1. The maximum atomic E-state index is 11.5. The van der Waals surface area contributed by atoms with Crippen molar-refractivity contribution in [3.63, 3.8) is 0 Å². The molecule has 3 heterocycles. The maximum absolute atomic E-state index is 11.5. The molecule has 28 heavy (non-hydrogen) atoms. The minimum Gasteiger partial charge on any atom is -0.367 e. The van der Waals surface area contributed by atoms with Gasteiger partial charge in [0, 0.05) is 45.2 Å². The number of aryl methyl sites for hydroxylation is 1. The van der Waals surface area contributed by atoms with Gasteiger partial charge in [-0.2, -0.15) is 10.1 Å². The van der Waals surface area contributed by atoms with Crippen molar-refractivity contribution in [1.29, 1.82) is 0 Å². The fourth-order valence-electron chi connectivity index (χ4n) is 3.39. The van der Waals surface area contributed by atoms with Gasteiger partial charge in [0.25, 0.3) is 0 Å². The molecule has 2 aromatic heterocycles. The quantitative estimate of drug-likeness (QED) is 0.656. The number of sulfone groups is 1. The smallest absolute Gasteiger partial charge is 0.229 e. The molecular formula is C17H26ClN7O2S. The first-order chi connectivity index (χ1) is 13.2. The Hall–Kier alpha value is -1.91. The molecule has 0 amide bonds. The lowest BCUT2D eigenvalue weighted by Crippen LogP contribution is -2.38. The number of rotatable bonds is 8. The highest BCUT2D eigenvalue weighted by Gasteiger charge is 2.29. The Balaban J connectivity index is 1.63. The summed E-state index contributed by atoms with van der Waals surface area (Å²) < 4.78 is 24.7. The van der Waals surface area contributed by atoms with Crippen LogP contribution in [0.2, 0.25) is 5.02 Å². The van der Waals surface area contributed by atoms with Gasteiger partial charge in [-0.3, -0.25) is 9.58 Å². The zero-order valence-corrected chi connectivity index (χ0v) is 17.8. The summed E-state index contributed by atoms with van der Waals surface area (Å²) in [5, 5.41) is 10.9. The van der Waals surface area contributed by atoms with Crippen LogP contribution >= 0.6 is 11.6 Å². The average Bonchev–Trinajstić information content (AvgIpc) is 3.18. The second-order valence-corrected chi connectivity index (χ2v) is 10.1. The first kappa shape index (κ1) is 20.8. The molecule has 0 aromatic carbocycles. The van der Waals surface area contributed by atoms with Crippen LogP contribution < -0.4 is 10.6 Å². The Labute approximate surface area is 170 Å². The fraction of sp³-hybridized carbons (Fsp3) is 0.588. The molecule has 1 aliphatic rings. The summed E-state index contributed by atoms with van der Waals surface area (Å²) in [6.45, 7) is 4.26. The highest BCUT2D eigenvalue weighted by Crippen LogP contribution is 2.25. The van der Waals surface area contributed by atoms with Crippen molar-refractivity contribution in [2.75, 3.05) is 42.3 Å². The normalized spacial score (nSPS) is 20.4. The van der Waals surface area contributed by atoms with Crippen molar-refractivity contribution >= 4 is 38.9 Å². The fourth-order valence-corrected chi connectivity index (χ4v) is 4.11. The SMILES string of the molecule is CC1CC(CNc2nc(Nc3cnn(C)c3)ncc2Cl)N(CCS(C)(=O)=O)C1. The molecule has 0 spiro atoms. The second-order valence-electron chi connectivity index (χ2n) is 7.42. The van der Waals surface area contributed by atoms with Gasteiger partial charge >= 0.3 is 0 Å². The molecule has 1 aliphatic heterocycles. The van der Waals surface area contributed by atoms with Crippen molar-refractivity contribution in [2.45, 2.75) is 19.4 Å². The van der Waals surface area contributed by atoms with E-state index in [1.54, 1.807) is 17.1 Å². The number of nitrogens with zero attached hydrogens (tertiary/aromatic N) is 5. The van der Waals surface area contributed by atoms with E-state index in [-0.39, 0.29) is 11.8 Å². The number of anilines is 3. The van der Waals surface area contributed by atoms with Gasteiger partial charge in [0.1, 0.15) is 14.9 Å². The standard InChI is InChI=1S/C17H26ClN7O2S/c1-12-6-14(25(10-12)4-5-28(3,26)27)8-19-16-15(18)9-20-17(23-16)22-13-7-21-24(2)11-13/h7,9,11-12,14H,4-6,8,10H2,1-3H3,(H2,19,20,22,23). The lowest BCUT2D eigenvalue weighted by Gasteiger charge is -2.24. The van der Waals surface area contributed by atoms with Gasteiger partial charge in [0.2, 0.25) is 5.95 Å². The summed E-state index contributed by atoms with van der Waals surface area (Å²) in [6.07, 6.45) is 7.33. The average molecular weight is 428 g/mol. The van der Waals surface area contributed by atoms with Crippen LogP contribution in [0.15, 0.2) is 18.6 Å². The van der Waals surface area contributed by atoms with Crippen LogP contribution in [0, 0.1) is 5.92 Å². The molecule has 9 nitrogen and oxygen atoms in total. The Bertz CT molecular complexity index is 918. The predicted octanol–water partition coefficient (Wildman–Crippen LogP) is 1.77. The van der Waals surface area contributed by atoms with Gasteiger partial charge in [-0.25, -0.2) is 13.4 Å². The van der Waals surface area contributed by atoms with E-state index < -0.39 is 9.84 Å². The lowest BCUT2D eigenvalue weighted by atomic mass is 10.1. The summed E-state index contributed by atoms with van der Waals surface area (Å²) in [5.74, 6) is 1.67. The van der Waals surface area contributed by atoms with Crippen LogP contribution in [0.1, 0.15) is 13.3 Å². The Morgan fingerprint density at radius 1 is 1.36 bits per heavy atom. The molecule has 0 aliphatic carbocycles. The van der Waals surface area contributed by atoms with Gasteiger partial charge in [-0.15, -0.1) is 0 Å². The largest absolute Gasteiger partial charge is 0.367 e. The van der Waals surface area contributed by atoms with E-state index in [9.17, 15) is 8.42 Å². The first-order valence-electron chi connectivity index (χ1n) is 9.13. The molecule has 1 fully saturated rings. The van der Waals surface area contributed by atoms with Gasteiger partial charge in [-0.1, -0.05) is 18.5 Å². The third-order valence-electron chi connectivity index (χ3n) is 4.70. The third-order valence-corrected chi connectivity index (χ3v) is 5.90. The summed E-state index contributed by atoms with van der Waals surface area (Å²) in [6, 6.07) is 0.234. The zero-order chi connectivity index (χ0) is 20.3. The molecule has 2 aromatic rings.